The number of hydrogen-bond acceptors (Lipinski definition) is 5. The zero-order valence-corrected chi connectivity index (χ0v) is 11.0. The van der Waals surface area contributed by atoms with E-state index in [-0.39, 0.29) is 6.04 Å². The minimum atomic E-state index is 0.239. The number of fused-ring (bicyclic) bond motifs is 1. The highest BCUT2D eigenvalue weighted by molar-refractivity contribution is 6.46. The third-order valence-electron chi connectivity index (χ3n) is 2.84. The van der Waals surface area contributed by atoms with Gasteiger partial charge in [0.15, 0.2) is 0 Å². The topological polar surface area (TPSA) is 40.1 Å². The molecular formula is C11H17ClN4O. The van der Waals surface area contributed by atoms with Crippen LogP contribution in [0.1, 0.15) is 13.3 Å². The molecule has 0 radical (unpaired) electrons. The van der Waals surface area contributed by atoms with E-state index in [0.717, 1.165) is 17.8 Å². The van der Waals surface area contributed by atoms with Gasteiger partial charge in [-0.2, -0.15) is 5.10 Å². The summed E-state index contributed by atoms with van der Waals surface area (Å²) in [5.74, 6) is 0. The largest absolute Gasteiger partial charge is 0.382 e. The van der Waals surface area contributed by atoms with E-state index in [2.05, 4.69) is 17.6 Å². The van der Waals surface area contributed by atoms with Crippen molar-refractivity contribution < 1.29 is 4.74 Å². The average Bonchev–Trinajstić information content (AvgIpc) is 2.69. The Hall–Kier alpha value is -1.20. The Morgan fingerprint density at radius 2 is 2.29 bits per heavy atom. The molecule has 0 aromatic rings. The van der Waals surface area contributed by atoms with Crippen LogP contribution in [-0.2, 0) is 4.74 Å². The first kappa shape index (κ1) is 12.3. The maximum absolute atomic E-state index is 6.15. The molecule has 0 aromatic carbocycles. The van der Waals surface area contributed by atoms with Crippen LogP contribution < -0.4 is 5.53 Å². The van der Waals surface area contributed by atoms with E-state index >= 15 is 0 Å². The van der Waals surface area contributed by atoms with Crippen LogP contribution in [0.25, 0.3) is 0 Å². The van der Waals surface area contributed by atoms with Crippen molar-refractivity contribution in [1.82, 2.24) is 15.4 Å². The lowest BCUT2D eigenvalue weighted by atomic mass is 10.1. The summed E-state index contributed by atoms with van der Waals surface area (Å²) in [5, 5.41) is 6.90. The fourth-order valence-electron chi connectivity index (χ4n) is 1.94. The highest BCUT2D eigenvalue weighted by atomic mass is 35.5. The summed E-state index contributed by atoms with van der Waals surface area (Å²) in [6.45, 7) is 2.77. The third-order valence-corrected chi connectivity index (χ3v) is 3.11. The summed E-state index contributed by atoms with van der Waals surface area (Å²) in [5.41, 5.74) is 4.79. The van der Waals surface area contributed by atoms with Crippen LogP contribution in [0.15, 0.2) is 28.2 Å². The number of methoxy groups -OCH3 is 1. The zero-order valence-electron chi connectivity index (χ0n) is 10.3. The molecule has 2 rings (SSSR count). The second-order valence-electron chi connectivity index (χ2n) is 4.10. The van der Waals surface area contributed by atoms with E-state index in [1.54, 1.807) is 7.11 Å². The number of halogens is 1. The molecule has 2 heterocycles. The number of rotatable bonds is 4. The second-order valence-corrected chi connectivity index (χ2v) is 4.51. The third kappa shape index (κ3) is 2.25. The van der Waals surface area contributed by atoms with Gasteiger partial charge in [-0.15, -0.1) is 0 Å². The molecule has 17 heavy (non-hydrogen) atoms. The highest BCUT2D eigenvalue weighted by Gasteiger charge is 2.31. The van der Waals surface area contributed by atoms with Crippen molar-refractivity contribution in [1.29, 1.82) is 0 Å². The Bertz CT molecular complexity index is 391. The number of hydrazone groups is 1. The fraction of sp³-hybridized carbons (Fsp3) is 0.545. The molecule has 2 aliphatic rings. The molecule has 5 nitrogen and oxygen atoms in total. The number of allylic oxidation sites excluding steroid dienone is 1. The first-order valence-corrected chi connectivity index (χ1v) is 5.98. The number of hydrazine groups is 1. The van der Waals surface area contributed by atoms with E-state index in [1.807, 2.05) is 29.4 Å². The van der Waals surface area contributed by atoms with E-state index in [4.69, 9.17) is 16.3 Å². The van der Waals surface area contributed by atoms with Gasteiger partial charge >= 0.3 is 0 Å². The minimum absolute atomic E-state index is 0.239. The SMILES string of the molecule is CCC(COC)N1NN=C2C(Cl)=CN(C)C=C21. The van der Waals surface area contributed by atoms with Crippen molar-refractivity contribution in [3.63, 3.8) is 0 Å². The van der Waals surface area contributed by atoms with Crippen molar-refractivity contribution >= 4 is 17.3 Å². The van der Waals surface area contributed by atoms with Crippen LogP contribution in [0, 0.1) is 0 Å². The Morgan fingerprint density at radius 1 is 1.53 bits per heavy atom. The van der Waals surface area contributed by atoms with Gasteiger partial charge in [-0.25, -0.2) is 5.53 Å². The van der Waals surface area contributed by atoms with E-state index < -0.39 is 0 Å². The molecule has 1 unspecified atom stereocenters. The van der Waals surface area contributed by atoms with Gasteiger partial charge in [-0.3, -0.25) is 5.01 Å². The van der Waals surface area contributed by atoms with Gasteiger partial charge in [-0.05, 0) is 6.42 Å². The molecule has 0 spiro atoms. The van der Waals surface area contributed by atoms with Gasteiger partial charge in [0.05, 0.1) is 17.7 Å². The van der Waals surface area contributed by atoms with Crippen molar-refractivity contribution in [3.8, 4) is 0 Å². The first-order chi connectivity index (χ1) is 8.17. The monoisotopic (exact) mass is 256 g/mol. The van der Waals surface area contributed by atoms with Crippen molar-refractivity contribution in [3.05, 3.63) is 23.1 Å². The van der Waals surface area contributed by atoms with Gasteiger partial charge in [-0.1, -0.05) is 18.5 Å². The smallest absolute Gasteiger partial charge is 0.132 e. The normalized spacial score (nSPS) is 20.4. The Kier molecular flexibility index (Phi) is 3.59. The summed E-state index contributed by atoms with van der Waals surface area (Å²) in [6, 6.07) is 0.239. The Morgan fingerprint density at radius 3 is 2.94 bits per heavy atom. The van der Waals surface area contributed by atoms with Crippen LogP contribution >= 0.6 is 11.6 Å². The standard InChI is InChI=1S/C11H17ClN4O/c1-4-8(7-17-3)16-10-6-15(2)5-9(12)11(10)13-14-16/h5-6,8,14H,4,7H2,1-3H3. The summed E-state index contributed by atoms with van der Waals surface area (Å²) < 4.78 is 5.22. The molecule has 0 fully saturated rings. The lowest BCUT2D eigenvalue weighted by Crippen LogP contribution is -2.42. The molecule has 94 valence electrons. The molecule has 1 N–H and O–H groups in total. The summed E-state index contributed by atoms with van der Waals surface area (Å²) in [7, 11) is 3.65. The van der Waals surface area contributed by atoms with Crippen LogP contribution in [0.4, 0.5) is 0 Å². The number of ether oxygens (including phenoxy) is 1. The molecule has 0 aliphatic carbocycles. The van der Waals surface area contributed by atoms with E-state index in [1.165, 1.54) is 0 Å². The summed E-state index contributed by atoms with van der Waals surface area (Å²) in [6.07, 6.45) is 4.81. The molecule has 1 atom stereocenters. The molecule has 0 saturated heterocycles. The zero-order chi connectivity index (χ0) is 12.4. The van der Waals surface area contributed by atoms with Crippen molar-refractivity contribution in [2.24, 2.45) is 5.10 Å². The van der Waals surface area contributed by atoms with Crippen molar-refractivity contribution in [2.45, 2.75) is 19.4 Å². The van der Waals surface area contributed by atoms with Crippen molar-refractivity contribution in [2.75, 3.05) is 20.8 Å². The quantitative estimate of drug-likeness (QED) is 0.827. The van der Waals surface area contributed by atoms with Crippen LogP contribution in [0.2, 0.25) is 0 Å². The fourth-order valence-corrected chi connectivity index (χ4v) is 2.24. The molecule has 2 aliphatic heterocycles. The number of nitrogens with one attached hydrogen (secondary N) is 1. The van der Waals surface area contributed by atoms with Gasteiger partial charge < -0.3 is 9.64 Å². The molecule has 0 aromatic heterocycles. The molecule has 6 heteroatoms. The van der Waals surface area contributed by atoms with Gasteiger partial charge in [0.2, 0.25) is 0 Å². The summed E-state index contributed by atoms with van der Waals surface area (Å²) >= 11 is 6.15. The molecular weight excluding hydrogens is 240 g/mol. The Balaban J connectivity index is 2.20. The minimum Gasteiger partial charge on any atom is -0.382 e. The maximum Gasteiger partial charge on any atom is 0.132 e. The number of nitrogens with zero attached hydrogens (tertiary/aromatic N) is 3. The van der Waals surface area contributed by atoms with Crippen LogP contribution in [0.5, 0.6) is 0 Å². The molecule has 0 bridgehead atoms. The lowest BCUT2D eigenvalue weighted by molar-refractivity contribution is 0.0884. The average molecular weight is 257 g/mol. The van der Waals surface area contributed by atoms with E-state index in [9.17, 15) is 0 Å². The number of hydrogen-bond donors (Lipinski definition) is 1. The first-order valence-electron chi connectivity index (χ1n) is 5.60. The van der Waals surface area contributed by atoms with Gasteiger partial charge in [0.25, 0.3) is 0 Å². The van der Waals surface area contributed by atoms with Crippen LogP contribution in [-0.4, -0.2) is 42.4 Å². The summed E-state index contributed by atoms with van der Waals surface area (Å²) in [4.78, 5) is 1.93. The lowest BCUT2D eigenvalue weighted by Gasteiger charge is -2.30. The second kappa shape index (κ2) is 4.98. The molecule has 0 amide bonds. The maximum atomic E-state index is 6.15. The molecule has 0 saturated carbocycles. The predicted molar refractivity (Wildman–Crippen MR) is 68.1 cm³/mol. The van der Waals surface area contributed by atoms with E-state index in [0.29, 0.717) is 11.6 Å². The van der Waals surface area contributed by atoms with Crippen LogP contribution in [0.3, 0.4) is 0 Å². The Labute approximate surface area is 106 Å². The van der Waals surface area contributed by atoms with Gasteiger partial charge in [0.1, 0.15) is 11.4 Å². The highest BCUT2D eigenvalue weighted by Crippen LogP contribution is 2.26. The van der Waals surface area contributed by atoms with Gasteiger partial charge in [0, 0.05) is 26.6 Å². The predicted octanol–water partition coefficient (Wildman–Crippen LogP) is 1.45.